The van der Waals surface area contributed by atoms with Crippen LogP contribution < -0.4 is 5.32 Å². The predicted molar refractivity (Wildman–Crippen MR) is 57.2 cm³/mol. The monoisotopic (exact) mass is 228 g/mol. The minimum atomic E-state index is -0.383. The molecule has 5 nitrogen and oxygen atoms in total. The van der Waals surface area contributed by atoms with E-state index in [4.69, 9.17) is 4.74 Å². The first-order valence-corrected chi connectivity index (χ1v) is 5.31. The van der Waals surface area contributed by atoms with E-state index in [1.165, 1.54) is 24.5 Å². The maximum absolute atomic E-state index is 11.2. The van der Waals surface area contributed by atoms with E-state index in [2.05, 4.69) is 10.3 Å². The second-order valence-corrected chi connectivity index (χ2v) is 3.84. The Labute approximate surface area is 91.5 Å². The van der Waals surface area contributed by atoms with Crippen LogP contribution in [0.4, 0.5) is 5.13 Å². The van der Waals surface area contributed by atoms with E-state index in [9.17, 15) is 9.59 Å². The summed E-state index contributed by atoms with van der Waals surface area (Å²) in [5.74, 6) is -0.367. The number of ether oxygens (including phenoxy) is 1. The summed E-state index contributed by atoms with van der Waals surface area (Å²) in [7, 11) is 0. The van der Waals surface area contributed by atoms with E-state index in [1.54, 1.807) is 6.92 Å². The fourth-order valence-corrected chi connectivity index (χ4v) is 1.56. The number of ketones is 1. The minimum Gasteiger partial charge on any atom is -0.462 e. The molecule has 15 heavy (non-hydrogen) atoms. The highest BCUT2D eigenvalue weighted by molar-refractivity contribution is 7.17. The first-order valence-electron chi connectivity index (χ1n) is 4.49. The molecule has 0 aliphatic heterocycles. The number of anilines is 1. The molecule has 0 atom stereocenters. The number of carbonyl (C=O) groups is 2. The van der Waals surface area contributed by atoms with Crippen LogP contribution in [0.2, 0.25) is 0 Å². The molecule has 6 heteroatoms. The molecule has 0 fully saturated rings. The van der Waals surface area contributed by atoms with Crippen molar-refractivity contribution in [1.82, 2.24) is 4.98 Å². The Kier molecular flexibility index (Phi) is 4.23. The first kappa shape index (κ1) is 11.6. The molecule has 82 valence electrons. The fraction of sp³-hybridized carbons (Fsp3) is 0.444. The molecule has 0 radical (unpaired) electrons. The van der Waals surface area contributed by atoms with Crippen LogP contribution in [0.1, 0.15) is 23.5 Å². The normalized spacial score (nSPS) is 9.73. The van der Waals surface area contributed by atoms with Crippen molar-refractivity contribution in [3.8, 4) is 0 Å². The molecule has 0 spiro atoms. The lowest BCUT2D eigenvalue weighted by Gasteiger charge is -1.97. The minimum absolute atomic E-state index is 0.0166. The summed E-state index contributed by atoms with van der Waals surface area (Å²) in [6, 6.07) is 0. The van der Waals surface area contributed by atoms with Gasteiger partial charge in [0.05, 0.1) is 19.3 Å². The number of hydrogen-bond donors (Lipinski definition) is 1. The summed E-state index contributed by atoms with van der Waals surface area (Å²) in [6.07, 6.45) is 1.44. The van der Waals surface area contributed by atoms with Crippen LogP contribution >= 0.6 is 11.3 Å². The average Bonchev–Trinajstić information content (AvgIpc) is 2.63. The second-order valence-electron chi connectivity index (χ2n) is 2.81. The largest absolute Gasteiger partial charge is 0.462 e. The molecular formula is C9H12N2O3S. The zero-order valence-corrected chi connectivity index (χ0v) is 9.39. The van der Waals surface area contributed by atoms with E-state index in [0.717, 1.165) is 0 Å². The highest BCUT2D eigenvalue weighted by Gasteiger charge is 2.10. The summed E-state index contributed by atoms with van der Waals surface area (Å²) in [5.41, 5.74) is 0. The third kappa shape index (κ3) is 3.67. The van der Waals surface area contributed by atoms with E-state index < -0.39 is 0 Å². The van der Waals surface area contributed by atoms with Crippen molar-refractivity contribution < 1.29 is 14.3 Å². The number of nitrogens with one attached hydrogen (secondary N) is 1. The molecule has 0 saturated heterocycles. The highest BCUT2D eigenvalue weighted by Crippen LogP contribution is 2.18. The SMILES string of the molecule is CCOC(=O)c1cnc(NCC(C)=O)s1. The molecule has 0 unspecified atom stereocenters. The van der Waals surface area contributed by atoms with Crippen molar-refractivity contribution in [1.29, 1.82) is 0 Å². The van der Waals surface area contributed by atoms with E-state index >= 15 is 0 Å². The van der Waals surface area contributed by atoms with Crippen LogP contribution in [0, 0.1) is 0 Å². The number of esters is 1. The standard InChI is InChI=1S/C9H12N2O3S/c1-3-14-8(13)7-5-11-9(15-7)10-4-6(2)12/h5H,3-4H2,1-2H3,(H,10,11). The van der Waals surface area contributed by atoms with Crippen LogP contribution in [-0.2, 0) is 9.53 Å². The zero-order valence-electron chi connectivity index (χ0n) is 8.57. The number of nitrogens with zero attached hydrogens (tertiary/aromatic N) is 1. The van der Waals surface area contributed by atoms with E-state index in [-0.39, 0.29) is 18.3 Å². The van der Waals surface area contributed by atoms with Crippen molar-refractivity contribution in [3.05, 3.63) is 11.1 Å². The van der Waals surface area contributed by atoms with Gasteiger partial charge < -0.3 is 10.1 Å². The number of hydrogen-bond acceptors (Lipinski definition) is 6. The molecule has 1 aromatic rings. The lowest BCUT2D eigenvalue weighted by molar-refractivity contribution is -0.115. The Hall–Kier alpha value is -1.43. The van der Waals surface area contributed by atoms with Gasteiger partial charge in [0.15, 0.2) is 5.13 Å². The van der Waals surface area contributed by atoms with Crippen molar-refractivity contribution in [2.75, 3.05) is 18.5 Å². The lowest BCUT2D eigenvalue weighted by atomic mass is 10.4. The zero-order chi connectivity index (χ0) is 11.3. The molecule has 1 aromatic heterocycles. The third-order valence-electron chi connectivity index (χ3n) is 1.47. The van der Waals surface area contributed by atoms with Crippen molar-refractivity contribution >= 4 is 28.2 Å². The van der Waals surface area contributed by atoms with Crippen molar-refractivity contribution in [2.24, 2.45) is 0 Å². The van der Waals surface area contributed by atoms with E-state index in [0.29, 0.717) is 16.6 Å². The Morgan fingerprint density at radius 3 is 2.93 bits per heavy atom. The molecule has 1 N–H and O–H groups in total. The average molecular weight is 228 g/mol. The number of carbonyl (C=O) groups excluding carboxylic acids is 2. The molecular weight excluding hydrogens is 216 g/mol. The maximum Gasteiger partial charge on any atom is 0.350 e. The van der Waals surface area contributed by atoms with Gasteiger partial charge in [0, 0.05) is 0 Å². The predicted octanol–water partition coefficient (Wildman–Crippen LogP) is 1.32. The third-order valence-corrected chi connectivity index (χ3v) is 2.41. The summed E-state index contributed by atoms with van der Waals surface area (Å²) in [4.78, 5) is 26.3. The lowest BCUT2D eigenvalue weighted by Crippen LogP contribution is -2.09. The van der Waals surface area contributed by atoms with Crippen LogP contribution in [0.3, 0.4) is 0 Å². The molecule has 0 aliphatic carbocycles. The van der Waals surface area contributed by atoms with Gasteiger partial charge in [-0.25, -0.2) is 9.78 Å². The molecule has 1 heterocycles. The molecule has 0 saturated carbocycles. The number of thiazole rings is 1. The van der Waals surface area contributed by atoms with Gasteiger partial charge in [-0.3, -0.25) is 4.79 Å². The topological polar surface area (TPSA) is 68.3 Å². The number of rotatable bonds is 5. The summed E-state index contributed by atoms with van der Waals surface area (Å²) < 4.78 is 4.80. The Morgan fingerprint density at radius 1 is 1.60 bits per heavy atom. The Balaban J connectivity index is 2.56. The van der Waals surface area contributed by atoms with Gasteiger partial charge in [0.2, 0.25) is 0 Å². The van der Waals surface area contributed by atoms with Gasteiger partial charge in [-0.05, 0) is 13.8 Å². The van der Waals surface area contributed by atoms with Crippen LogP contribution in [0.5, 0.6) is 0 Å². The van der Waals surface area contributed by atoms with Gasteiger partial charge in [-0.15, -0.1) is 0 Å². The fourth-order valence-electron chi connectivity index (χ4n) is 0.853. The Morgan fingerprint density at radius 2 is 2.33 bits per heavy atom. The van der Waals surface area contributed by atoms with Gasteiger partial charge in [-0.2, -0.15) is 0 Å². The summed E-state index contributed by atoms with van der Waals surface area (Å²) >= 11 is 1.17. The first-order chi connectivity index (χ1) is 7.13. The van der Waals surface area contributed by atoms with Crippen molar-refractivity contribution in [3.63, 3.8) is 0 Å². The van der Waals surface area contributed by atoms with Crippen LogP contribution in [0.25, 0.3) is 0 Å². The quantitative estimate of drug-likeness (QED) is 0.770. The maximum atomic E-state index is 11.2. The number of aromatic nitrogens is 1. The van der Waals surface area contributed by atoms with Crippen LogP contribution in [0.15, 0.2) is 6.20 Å². The van der Waals surface area contributed by atoms with Crippen molar-refractivity contribution in [2.45, 2.75) is 13.8 Å². The molecule has 1 rings (SSSR count). The summed E-state index contributed by atoms with van der Waals surface area (Å²) in [5, 5.41) is 3.36. The smallest absolute Gasteiger partial charge is 0.350 e. The Bertz CT molecular complexity index is 362. The number of Topliss-reactive ketones (excluding diaryl/α,β-unsaturated/α-hetero) is 1. The summed E-state index contributed by atoms with van der Waals surface area (Å²) in [6.45, 7) is 3.78. The van der Waals surface area contributed by atoms with Gasteiger partial charge in [-0.1, -0.05) is 11.3 Å². The van der Waals surface area contributed by atoms with Crippen LogP contribution in [-0.4, -0.2) is 29.9 Å². The van der Waals surface area contributed by atoms with Gasteiger partial charge >= 0.3 is 5.97 Å². The second kappa shape index (κ2) is 5.45. The van der Waals surface area contributed by atoms with E-state index in [1.807, 2.05) is 0 Å². The van der Waals surface area contributed by atoms with Gasteiger partial charge in [0.1, 0.15) is 10.7 Å². The molecule has 0 amide bonds. The molecule has 0 bridgehead atoms. The molecule has 0 aliphatic rings. The highest BCUT2D eigenvalue weighted by atomic mass is 32.1. The van der Waals surface area contributed by atoms with Gasteiger partial charge in [0.25, 0.3) is 0 Å². The molecule has 0 aromatic carbocycles.